The zero-order chi connectivity index (χ0) is 17.9. The van der Waals surface area contributed by atoms with Crippen molar-refractivity contribution in [2.75, 3.05) is 33.4 Å². The molecule has 4 heterocycles. The molecule has 5 atom stereocenters. The molecule has 1 amide bonds. The maximum Gasteiger partial charge on any atom is 0.239 e. The van der Waals surface area contributed by atoms with Gasteiger partial charge < -0.3 is 19.7 Å². The number of aromatic nitrogens is 1. The number of nitrogens with one attached hydrogen (secondary N) is 3. The number of hydrogen-bond donors (Lipinski definition) is 3. The summed E-state index contributed by atoms with van der Waals surface area (Å²) >= 11 is 0. The second-order valence-corrected chi connectivity index (χ2v) is 7.39. The van der Waals surface area contributed by atoms with E-state index in [1.807, 2.05) is 18.2 Å². The van der Waals surface area contributed by atoms with Gasteiger partial charge in [0.25, 0.3) is 0 Å². The van der Waals surface area contributed by atoms with Crippen LogP contribution in [0.25, 0.3) is 0 Å². The minimum absolute atomic E-state index is 0.00502. The second kappa shape index (κ2) is 7.87. The third-order valence-corrected chi connectivity index (χ3v) is 5.53. The summed E-state index contributed by atoms with van der Waals surface area (Å²) in [7, 11) is 2.11. The van der Waals surface area contributed by atoms with E-state index >= 15 is 0 Å². The Bertz CT molecular complexity index is 616. The molecule has 3 unspecified atom stereocenters. The number of ether oxygens (including phenoxy) is 2. The lowest BCUT2D eigenvalue weighted by atomic mass is 9.88. The molecular formula is C18H27N5O3. The number of amides is 1. The fourth-order valence-electron chi connectivity index (χ4n) is 4.07. The summed E-state index contributed by atoms with van der Waals surface area (Å²) in [4.78, 5) is 19.4. The van der Waals surface area contributed by atoms with Gasteiger partial charge in [0.15, 0.2) is 0 Å². The van der Waals surface area contributed by atoms with Gasteiger partial charge in [-0.2, -0.15) is 0 Å². The molecule has 3 saturated heterocycles. The standard InChI is InChI=1S/C18H27N5O3/c1-23-8-5-13-12(10-23)17(22-21-13)18(24)20-14-11-25-9-6-15(14)26-16-4-2-3-7-19-16/h2-4,7,12-15,17,21-22H,5-6,8-11H2,1H3,(H,20,24)/t12?,13?,14-,15-,17?/m1/s1. The molecule has 4 rings (SSSR count). The molecule has 3 aliphatic heterocycles. The molecule has 0 aromatic carbocycles. The molecular weight excluding hydrogens is 334 g/mol. The van der Waals surface area contributed by atoms with E-state index in [1.54, 1.807) is 6.20 Å². The number of piperidine rings is 1. The Morgan fingerprint density at radius 3 is 3.15 bits per heavy atom. The zero-order valence-electron chi connectivity index (χ0n) is 15.1. The van der Waals surface area contributed by atoms with Gasteiger partial charge in [0.1, 0.15) is 12.1 Å². The minimum atomic E-state index is -0.236. The predicted molar refractivity (Wildman–Crippen MR) is 95.5 cm³/mol. The first-order valence-corrected chi connectivity index (χ1v) is 9.36. The Kier molecular flexibility index (Phi) is 5.35. The zero-order valence-corrected chi connectivity index (χ0v) is 15.1. The number of likely N-dealkylation sites (tertiary alicyclic amines) is 1. The van der Waals surface area contributed by atoms with Crippen LogP contribution in [0.1, 0.15) is 12.8 Å². The predicted octanol–water partition coefficient (Wildman–Crippen LogP) is -0.469. The molecule has 142 valence electrons. The summed E-state index contributed by atoms with van der Waals surface area (Å²) in [5, 5.41) is 3.14. The first-order valence-electron chi connectivity index (χ1n) is 9.36. The highest BCUT2D eigenvalue weighted by Gasteiger charge is 2.43. The average Bonchev–Trinajstić information content (AvgIpc) is 3.07. The summed E-state index contributed by atoms with van der Waals surface area (Å²) in [5.74, 6) is 0.854. The van der Waals surface area contributed by atoms with Gasteiger partial charge in [0.2, 0.25) is 11.8 Å². The van der Waals surface area contributed by atoms with Gasteiger partial charge in [-0.15, -0.1) is 0 Å². The van der Waals surface area contributed by atoms with Crippen LogP contribution in [-0.2, 0) is 9.53 Å². The Morgan fingerprint density at radius 1 is 1.38 bits per heavy atom. The van der Waals surface area contributed by atoms with E-state index in [9.17, 15) is 4.79 Å². The Balaban J connectivity index is 1.39. The van der Waals surface area contributed by atoms with Crippen molar-refractivity contribution in [2.24, 2.45) is 5.92 Å². The third kappa shape index (κ3) is 3.83. The van der Waals surface area contributed by atoms with Crippen molar-refractivity contribution in [3.8, 4) is 5.88 Å². The smallest absolute Gasteiger partial charge is 0.239 e. The number of fused-ring (bicyclic) bond motifs is 1. The van der Waals surface area contributed by atoms with Crippen LogP contribution in [-0.4, -0.2) is 73.4 Å². The van der Waals surface area contributed by atoms with E-state index < -0.39 is 0 Å². The third-order valence-electron chi connectivity index (χ3n) is 5.53. The summed E-state index contributed by atoms with van der Waals surface area (Å²) in [6.07, 6.45) is 3.35. The SMILES string of the molecule is CN1CCC2NNC(C(=O)N[C@@H]3COCC[C@H]3Oc3ccccn3)C2C1. The van der Waals surface area contributed by atoms with E-state index in [4.69, 9.17) is 9.47 Å². The van der Waals surface area contributed by atoms with Crippen LogP contribution >= 0.6 is 0 Å². The van der Waals surface area contributed by atoms with Crippen molar-refractivity contribution in [1.29, 1.82) is 0 Å². The largest absolute Gasteiger partial charge is 0.472 e. The van der Waals surface area contributed by atoms with Crippen LogP contribution in [0.4, 0.5) is 0 Å². The maximum absolute atomic E-state index is 12.9. The highest BCUT2D eigenvalue weighted by atomic mass is 16.5. The number of hydrazine groups is 1. The number of rotatable bonds is 4. The number of hydrogen-bond acceptors (Lipinski definition) is 7. The molecule has 0 aliphatic carbocycles. The van der Waals surface area contributed by atoms with Crippen molar-refractivity contribution in [1.82, 2.24) is 26.1 Å². The van der Waals surface area contributed by atoms with E-state index in [-0.39, 0.29) is 30.0 Å². The first-order chi connectivity index (χ1) is 12.7. The van der Waals surface area contributed by atoms with Crippen molar-refractivity contribution in [2.45, 2.75) is 37.1 Å². The van der Waals surface area contributed by atoms with Gasteiger partial charge in [-0.05, 0) is 26.1 Å². The molecule has 0 bridgehead atoms. The average molecular weight is 361 g/mol. The maximum atomic E-state index is 12.9. The molecule has 1 aromatic rings. The summed E-state index contributed by atoms with van der Waals surface area (Å²) in [6.45, 7) is 3.05. The van der Waals surface area contributed by atoms with Crippen LogP contribution in [0.15, 0.2) is 24.4 Å². The molecule has 0 saturated carbocycles. The molecule has 8 heteroatoms. The highest BCUT2D eigenvalue weighted by Crippen LogP contribution is 2.24. The normalized spacial score (nSPS) is 34.9. The Hall–Kier alpha value is -1.74. The lowest BCUT2D eigenvalue weighted by Crippen LogP contribution is -2.57. The van der Waals surface area contributed by atoms with E-state index in [0.29, 0.717) is 25.1 Å². The van der Waals surface area contributed by atoms with E-state index in [2.05, 4.69) is 33.1 Å². The van der Waals surface area contributed by atoms with E-state index in [1.165, 1.54) is 0 Å². The quantitative estimate of drug-likeness (QED) is 0.668. The van der Waals surface area contributed by atoms with E-state index in [0.717, 1.165) is 25.9 Å². The lowest BCUT2D eigenvalue weighted by molar-refractivity contribution is -0.127. The van der Waals surface area contributed by atoms with Gasteiger partial charge in [-0.25, -0.2) is 10.4 Å². The number of nitrogens with zero attached hydrogens (tertiary/aromatic N) is 2. The molecule has 3 N–H and O–H groups in total. The summed E-state index contributed by atoms with van der Waals surface area (Å²) in [6, 6.07) is 5.51. The van der Waals surface area contributed by atoms with Gasteiger partial charge in [0, 0.05) is 37.2 Å². The molecule has 3 aliphatic rings. The molecule has 26 heavy (non-hydrogen) atoms. The van der Waals surface area contributed by atoms with Gasteiger partial charge in [0.05, 0.1) is 19.3 Å². The first kappa shape index (κ1) is 17.7. The van der Waals surface area contributed by atoms with Gasteiger partial charge in [-0.3, -0.25) is 10.2 Å². The fourth-order valence-corrected chi connectivity index (χ4v) is 4.07. The number of carbonyl (C=O) groups is 1. The number of pyridine rings is 1. The minimum Gasteiger partial charge on any atom is -0.472 e. The molecule has 1 aromatic heterocycles. The Labute approximate surface area is 153 Å². The van der Waals surface area contributed by atoms with Gasteiger partial charge >= 0.3 is 0 Å². The van der Waals surface area contributed by atoms with Crippen LogP contribution in [0.3, 0.4) is 0 Å². The monoisotopic (exact) mass is 361 g/mol. The van der Waals surface area contributed by atoms with Crippen LogP contribution in [0, 0.1) is 5.92 Å². The topological polar surface area (TPSA) is 87.8 Å². The second-order valence-electron chi connectivity index (χ2n) is 7.39. The van der Waals surface area contributed by atoms with Crippen molar-refractivity contribution < 1.29 is 14.3 Å². The lowest BCUT2D eigenvalue weighted by Gasteiger charge is -2.35. The van der Waals surface area contributed by atoms with Crippen LogP contribution < -0.4 is 20.9 Å². The van der Waals surface area contributed by atoms with Gasteiger partial charge in [-0.1, -0.05) is 6.07 Å². The van der Waals surface area contributed by atoms with Crippen molar-refractivity contribution >= 4 is 5.91 Å². The fraction of sp³-hybridized carbons (Fsp3) is 0.667. The summed E-state index contributed by atoms with van der Waals surface area (Å²) < 4.78 is 11.6. The molecule has 0 radical (unpaired) electrons. The number of carbonyl (C=O) groups excluding carboxylic acids is 1. The van der Waals surface area contributed by atoms with Crippen LogP contribution in [0.2, 0.25) is 0 Å². The highest BCUT2D eigenvalue weighted by molar-refractivity contribution is 5.83. The van der Waals surface area contributed by atoms with Crippen LogP contribution in [0.5, 0.6) is 5.88 Å². The molecule has 0 spiro atoms. The van der Waals surface area contributed by atoms with Crippen molar-refractivity contribution in [3.05, 3.63) is 24.4 Å². The molecule has 8 nitrogen and oxygen atoms in total. The van der Waals surface area contributed by atoms with Crippen molar-refractivity contribution in [3.63, 3.8) is 0 Å². The molecule has 3 fully saturated rings. The Morgan fingerprint density at radius 2 is 2.31 bits per heavy atom. The summed E-state index contributed by atoms with van der Waals surface area (Å²) in [5.41, 5.74) is 6.48.